The summed E-state index contributed by atoms with van der Waals surface area (Å²) in [6.45, 7) is 0. The summed E-state index contributed by atoms with van der Waals surface area (Å²) in [6.07, 6.45) is 6.90. The van der Waals surface area contributed by atoms with E-state index >= 15 is 0 Å². The summed E-state index contributed by atoms with van der Waals surface area (Å²) in [5.41, 5.74) is 6.26. The average Bonchev–Trinajstić information content (AvgIpc) is 3.48. The van der Waals surface area contributed by atoms with E-state index in [0.717, 1.165) is 32.2 Å². The quantitative estimate of drug-likeness (QED) is 0.178. The SMILES string of the molecule is O=C(CSc1nnc(-c2ccncc2)n1-c1ccccc1)N/N=C/c1c[nH]c2ccc(Br)cc12. The van der Waals surface area contributed by atoms with Gasteiger partial charge in [0.15, 0.2) is 11.0 Å². The van der Waals surface area contributed by atoms with Gasteiger partial charge in [0.05, 0.1) is 12.0 Å². The molecule has 0 unspecified atom stereocenters. The van der Waals surface area contributed by atoms with Crippen LogP contribution in [0.4, 0.5) is 0 Å². The van der Waals surface area contributed by atoms with E-state index in [1.165, 1.54) is 11.8 Å². The van der Waals surface area contributed by atoms with E-state index in [2.05, 4.69) is 46.6 Å². The first kappa shape index (κ1) is 22.1. The maximum atomic E-state index is 12.5. The first-order valence-electron chi connectivity index (χ1n) is 10.3. The minimum atomic E-state index is -0.240. The summed E-state index contributed by atoms with van der Waals surface area (Å²) < 4.78 is 2.91. The number of H-pyrrole nitrogens is 1. The van der Waals surface area contributed by atoms with Crippen molar-refractivity contribution in [3.63, 3.8) is 0 Å². The molecule has 0 spiro atoms. The van der Waals surface area contributed by atoms with Crippen LogP contribution >= 0.6 is 27.7 Å². The molecule has 0 atom stereocenters. The molecule has 0 aliphatic heterocycles. The van der Waals surface area contributed by atoms with Crippen LogP contribution in [0, 0.1) is 0 Å². The van der Waals surface area contributed by atoms with E-state index in [1.54, 1.807) is 18.6 Å². The molecule has 0 saturated carbocycles. The normalized spacial score (nSPS) is 11.3. The number of halogens is 1. The van der Waals surface area contributed by atoms with Crippen LogP contribution in [-0.4, -0.2) is 42.6 Å². The number of nitrogens with zero attached hydrogens (tertiary/aromatic N) is 5. The number of hydrogen-bond donors (Lipinski definition) is 2. The van der Waals surface area contributed by atoms with Crippen molar-refractivity contribution in [2.24, 2.45) is 5.10 Å². The van der Waals surface area contributed by atoms with Crippen molar-refractivity contribution in [1.29, 1.82) is 0 Å². The van der Waals surface area contributed by atoms with Crippen LogP contribution in [0.2, 0.25) is 0 Å². The third-order valence-corrected chi connectivity index (χ3v) is 6.41. The molecule has 3 aromatic heterocycles. The molecule has 0 aliphatic rings. The van der Waals surface area contributed by atoms with Crippen molar-refractivity contribution in [2.45, 2.75) is 5.16 Å². The average molecular weight is 532 g/mol. The van der Waals surface area contributed by atoms with Crippen molar-refractivity contribution in [3.05, 3.63) is 89.3 Å². The van der Waals surface area contributed by atoms with Gasteiger partial charge in [0.25, 0.3) is 5.91 Å². The first-order valence-corrected chi connectivity index (χ1v) is 12.1. The Bertz CT molecular complexity index is 1470. The van der Waals surface area contributed by atoms with Gasteiger partial charge < -0.3 is 4.98 Å². The summed E-state index contributed by atoms with van der Waals surface area (Å²) in [5.74, 6) is 0.577. The van der Waals surface area contributed by atoms with E-state index in [9.17, 15) is 4.79 Å². The molecule has 1 amide bonds. The number of rotatable bonds is 7. The minimum absolute atomic E-state index is 0.137. The zero-order valence-electron chi connectivity index (χ0n) is 17.7. The molecular weight excluding hydrogens is 514 g/mol. The molecule has 10 heteroatoms. The number of amides is 1. The predicted molar refractivity (Wildman–Crippen MR) is 137 cm³/mol. The van der Waals surface area contributed by atoms with Crippen LogP contribution in [0.3, 0.4) is 0 Å². The summed E-state index contributed by atoms with van der Waals surface area (Å²) in [4.78, 5) is 19.7. The van der Waals surface area contributed by atoms with Gasteiger partial charge in [-0.3, -0.25) is 14.3 Å². The molecule has 0 aliphatic carbocycles. The number of nitrogens with one attached hydrogen (secondary N) is 2. The second-order valence-electron chi connectivity index (χ2n) is 7.23. The van der Waals surface area contributed by atoms with E-state index in [1.807, 2.05) is 71.4 Å². The fourth-order valence-electron chi connectivity index (χ4n) is 3.42. The molecule has 2 aromatic carbocycles. The Kier molecular flexibility index (Phi) is 6.50. The van der Waals surface area contributed by atoms with Gasteiger partial charge in [-0.25, -0.2) is 5.43 Å². The van der Waals surface area contributed by atoms with Crippen molar-refractivity contribution >= 4 is 50.7 Å². The number of benzene rings is 2. The van der Waals surface area contributed by atoms with Crippen LogP contribution in [0.15, 0.2) is 94.0 Å². The lowest BCUT2D eigenvalue weighted by Gasteiger charge is -2.10. The number of carbonyl (C=O) groups is 1. The van der Waals surface area contributed by atoms with Crippen molar-refractivity contribution < 1.29 is 4.79 Å². The van der Waals surface area contributed by atoms with Crippen molar-refractivity contribution in [2.75, 3.05) is 5.75 Å². The Labute approximate surface area is 207 Å². The molecule has 5 aromatic rings. The zero-order chi connectivity index (χ0) is 23.3. The Balaban J connectivity index is 1.30. The monoisotopic (exact) mass is 531 g/mol. The third-order valence-electron chi connectivity index (χ3n) is 4.99. The Morgan fingerprint density at radius 3 is 2.76 bits per heavy atom. The highest BCUT2D eigenvalue weighted by Gasteiger charge is 2.17. The van der Waals surface area contributed by atoms with Gasteiger partial charge in [0.2, 0.25) is 0 Å². The lowest BCUT2D eigenvalue weighted by Crippen LogP contribution is -2.20. The van der Waals surface area contributed by atoms with Gasteiger partial charge in [0.1, 0.15) is 0 Å². The summed E-state index contributed by atoms with van der Waals surface area (Å²) in [5, 5.41) is 14.4. The van der Waals surface area contributed by atoms with Crippen LogP contribution < -0.4 is 5.43 Å². The molecule has 2 N–H and O–H groups in total. The fourth-order valence-corrected chi connectivity index (χ4v) is 4.52. The van der Waals surface area contributed by atoms with Gasteiger partial charge in [-0.05, 0) is 42.5 Å². The topological polar surface area (TPSA) is 101 Å². The molecule has 8 nitrogen and oxygen atoms in total. The van der Waals surface area contributed by atoms with E-state index in [0.29, 0.717) is 11.0 Å². The van der Waals surface area contributed by atoms with Gasteiger partial charge >= 0.3 is 0 Å². The predicted octanol–water partition coefficient (Wildman–Crippen LogP) is 4.82. The standard InChI is InChI=1S/C24H18BrN7OS/c25-18-6-7-21-20(12-18)17(13-27-21)14-28-29-22(33)15-34-24-31-30-23(16-8-10-26-11-9-16)32(24)19-4-2-1-3-5-19/h1-14,27H,15H2,(H,29,33)/b28-14+. The summed E-state index contributed by atoms with van der Waals surface area (Å²) >= 11 is 4.77. The summed E-state index contributed by atoms with van der Waals surface area (Å²) in [6, 6.07) is 19.5. The van der Waals surface area contributed by atoms with Gasteiger partial charge in [-0.15, -0.1) is 10.2 Å². The largest absolute Gasteiger partial charge is 0.361 e. The number of hydrogen-bond acceptors (Lipinski definition) is 6. The number of hydrazone groups is 1. The highest BCUT2D eigenvalue weighted by molar-refractivity contribution is 9.10. The maximum absolute atomic E-state index is 12.5. The number of aromatic nitrogens is 5. The second kappa shape index (κ2) is 10.0. The van der Waals surface area contributed by atoms with E-state index < -0.39 is 0 Å². The molecular formula is C24H18BrN7OS. The van der Waals surface area contributed by atoms with Crippen molar-refractivity contribution in [1.82, 2.24) is 30.2 Å². The summed E-state index contributed by atoms with van der Waals surface area (Å²) in [7, 11) is 0. The fraction of sp³-hybridized carbons (Fsp3) is 0.0417. The molecule has 5 rings (SSSR count). The highest BCUT2D eigenvalue weighted by atomic mass is 79.9. The molecule has 0 saturated heterocycles. The van der Waals surface area contributed by atoms with Crippen molar-refractivity contribution in [3.8, 4) is 17.1 Å². The molecule has 3 heterocycles. The Morgan fingerprint density at radius 2 is 1.94 bits per heavy atom. The number of aromatic amines is 1. The number of carbonyl (C=O) groups excluding carboxylic acids is 1. The van der Waals surface area contributed by atoms with Gasteiger partial charge in [-0.1, -0.05) is 45.9 Å². The lowest BCUT2D eigenvalue weighted by molar-refractivity contribution is -0.118. The molecule has 0 fully saturated rings. The van der Waals surface area contributed by atoms with Gasteiger partial charge in [0, 0.05) is 50.8 Å². The number of pyridine rings is 1. The number of thioether (sulfide) groups is 1. The Morgan fingerprint density at radius 1 is 1.12 bits per heavy atom. The molecule has 168 valence electrons. The minimum Gasteiger partial charge on any atom is -0.361 e. The number of fused-ring (bicyclic) bond motifs is 1. The third kappa shape index (κ3) is 4.78. The van der Waals surface area contributed by atoms with E-state index in [-0.39, 0.29) is 11.7 Å². The Hall–Kier alpha value is -3.76. The van der Waals surface area contributed by atoms with E-state index in [4.69, 9.17) is 0 Å². The van der Waals surface area contributed by atoms with Crippen LogP contribution in [0.1, 0.15) is 5.56 Å². The molecule has 34 heavy (non-hydrogen) atoms. The first-order chi connectivity index (χ1) is 16.7. The van der Waals surface area contributed by atoms with Crippen LogP contribution in [0.5, 0.6) is 0 Å². The lowest BCUT2D eigenvalue weighted by atomic mass is 10.2. The zero-order valence-corrected chi connectivity index (χ0v) is 20.1. The maximum Gasteiger partial charge on any atom is 0.250 e. The van der Waals surface area contributed by atoms with Crippen LogP contribution in [-0.2, 0) is 4.79 Å². The molecule has 0 radical (unpaired) electrons. The number of para-hydroxylation sites is 1. The second-order valence-corrected chi connectivity index (χ2v) is 9.09. The smallest absolute Gasteiger partial charge is 0.250 e. The highest BCUT2D eigenvalue weighted by Crippen LogP contribution is 2.27. The van der Waals surface area contributed by atoms with Crippen LogP contribution in [0.25, 0.3) is 28.0 Å². The molecule has 0 bridgehead atoms. The van der Waals surface area contributed by atoms with Gasteiger partial charge in [-0.2, -0.15) is 5.10 Å².